The summed E-state index contributed by atoms with van der Waals surface area (Å²) in [5.74, 6) is 2.04. The summed E-state index contributed by atoms with van der Waals surface area (Å²) in [5, 5.41) is 0. The van der Waals surface area contributed by atoms with E-state index in [9.17, 15) is 9.36 Å². The van der Waals surface area contributed by atoms with Crippen molar-refractivity contribution in [2.24, 2.45) is 5.92 Å². The van der Waals surface area contributed by atoms with Crippen LogP contribution >= 0.6 is 7.60 Å². The summed E-state index contributed by atoms with van der Waals surface area (Å²) in [7, 11) is -3.10. The SMILES string of the molecule is CCOP(=O)(C=CCC1CCN(C(=O)OC(C)(C)C)CC1)OCC. The summed E-state index contributed by atoms with van der Waals surface area (Å²) in [4.78, 5) is 13.8. The summed E-state index contributed by atoms with van der Waals surface area (Å²) in [6.45, 7) is 11.3. The Balaban J connectivity index is 2.42. The molecule has 1 saturated heterocycles. The maximum Gasteiger partial charge on any atom is 0.410 e. The lowest BCUT2D eigenvalue weighted by Gasteiger charge is -2.33. The van der Waals surface area contributed by atoms with Gasteiger partial charge in [-0.2, -0.15) is 0 Å². The molecule has 0 N–H and O–H groups in total. The fourth-order valence-corrected chi connectivity index (χ4v) is 3.89. The summed E-state index contributed by atoms with van der Waals surface area (Å²) < 4.78 is 28.2. The molecule has 1 fully saturated rings. The van der Waals surface area contributed by atoms with E-state index < -0.39 is 13.2 Å². The highest BCUT2D eigenvalue weighted by Gasteiger charge is 2.26. The van der Waals surface area contributed by atoms with E-state index in [1.165, 1.54) is 0 Å². The average Bonchev–Trinajstić information content (AvgIpc) is 2.46. The normalized spacial score (nSPS) is 17.5. The van der Waals surface area contributed by atoms with Gasteiger partial charge in [0.15, 0.2) is 0 Å². The second-order valence-electron chi connectivity index (χ2n) is 6.91. The number of allylic oxidation sites excluding steroid dienone is 1. The smallest absolute Gasteiger partial charge is 0.410 e. The number of hydrogen-bond acceptors (Lipinski definition) is 5. The van der Waals surface area contributed by atoms with Gasteiger partial charge >= 0.3 is 13.7 Å². The topological polar surface area (TPSA) is 65.1 Å². The minimum Gasteiger partial charge on any atom is -0.444 e. The van der Waals surface area contributed by atoms with Crippen LogP contribution < -0.4 is 0 Å². The van der Waals surface area contributed by atoms with Gasteiger partial charge in [-0.25, -0.2) is 4.79 Å². The van der Waals surface area contributed by atoms with Crippen LogP contribution in [0.4, 0.5) is 4.79 Å². The quantitative estimate of drug-likeness (QED) is 0.609. The highest BCUT2D eigenvalue weighted by Crippen LogP contribution is 2.49. The van der Waals surface area contributed by atoms with Gasteiger partial charge in [-0.1, -0.05) is 6.08 Å². The number of rotatable bonds is 7. The van der Waals surface area contributed by atoms with E-state index in [0.29, 0.717) is 32.2 Å². The third-order valence-corrected chi connectivity index (χ3v) is 5.45. The van der Waals surface area contributed by atoms with E-state index in [2.05, 4.69) is 0 Å². The van der Waals surface area contributed by atoms with Crippen LogP contribution in [0.15, 0.2) is 11.9 Å². The molecule has 0 radical (unpaired) electrons. The molecule has 0 spiro atoms. The Kier molecular flexibility index (Phi) is 8.48. The molecule has 0 atom stereocenters. The molecule has 1 aliphatic heterocycles. The van der Waals surface area contributed by atoms with E-state index in [1.807, 2.05) is 26.8 Å². The standard InChI is InChI=1S/C17H32NO5P/c1-6-21-24(20,22-7-2)14-8-9-15-10-12-18(13-11-15)16(19)23-17(3,4)5/h8,14-15H,6-7,9-13H2,1-5H3. The van der Waals surface area contributed by atoms with E-state index >= 15 is 0 Å². The predicted octanol–water partition coefficient (Wildman–Crippen LogP) is 4.80. The molecule has 0 aliphatic carbocycles. The third kappa shape index (κ3) is 7.82. The summed E-state index contributed by atoms with van der Waals surface area (Å²) in [6, 6.07) is 0. The number of ether oxygens (including phenoxy) is 1. The van der Waals surface area contributed by atoms with E-state index in [-0.39, 0.29) is 6.09 Å². The van der Waals surface area contributed by atoms with Gasteiger partial charge < -0.3 is 18.7 Å². The summed E-state index contributed by atoms with van der Waals surface area (Å²) in [6.07, 6.45) is 4.29. The molecule has 0 aromatic rings. The van der Waals surface area contributed by atoms with Crippen molar-refractivity contribution in [1.29, 1.82) is 0 Å². The molecule has 24 heavy (non-hydrogen) atoms. The fourth-order valence-electron chi connectivity index (χ4n) is 2.54. The van der Waals surface area contributed by atoms with Gasteiger partial charge in [0.1, 0.15) is 5.60 Å². The van der Waals surface area contributed by atoms with Crippen molar-refractivity contribution < 1.29 is 23.1 Å². The first-order valence-electron chi connectivity index (χ1n) is 8.73. The van der Waals surface area contributed by atoms with Crippen LogP contribution in [0.25, 0.3) is 0 Å². The van der Waals surface area contributed by atoms with Gasteiger partial charge in [0, 0.05) is 18.9 Å². The van der Waals surface area contributed by atoms with Crippen molar-refractivity contribution in [3.8, 4) is 0 Å². The molecule has 140 valence electrons. The molecule has 7 heteroatoms. The van der Waals surface area contributed by atoms with Crippen LogP contribution in [0.2, 0.25) is 0 Å². The van der Waals surface area contributed by atoms with Crippen molar-refractivity contribution in [2.45, 2.75) is 59.5 Å². The van der Waals surface area contributed by atoms with Crippen molar-refractivity contribution >= 4 is 13.7 Å². The molecule has 0 saturated carbocycles. The molecule has 1 amide bonds. The van der Waals surface area contributed by atoms with Gasteiger partial charge in [-0.15, -0.1) is 0 Å². The Hall–Kier alpha value is -0.840. The van der Waals surface area contributed by atoms with E-state index in [0.717, 1.165) is 19.3 Å². The Morgan fingerprint density at radius 1 is 1.17 bits per heavy atom. The second kappa shape index (κ2) is 9.59. The van der Waals surface area contributed by atoms with Crippen LogP contribution in [0.3, 0.4) is 0 Å². The number of carbonyl (C=O) groups is 1. The molecule has 0 aromatic carbocycles. The van der Waals surface area contributed by atoms with Crippen molar-refractivity contribution in [2.75, 3.05) is 26.3 Å². The zero-order chi connectivity index (χ0) is 18.2. The van der Waals surface area contributed by atoms with Crippen molar-refractivity contribution in [1.82, 2.24) is 4.90 Å². The van der Waals surface area contributed by atoms with Crippen LogP contribution in [0.1, 0.15) is 53.9 Å². The molecule has 1 heterocycles. The van der Waals surface area contributed by atoms with Gasteiger partial charge in [-0.05, 0) is 59.8 Å². The molecule has 0 aromatic heterocycles. The number of likely N-dealkylation sites (tertiary alicyclic amines) is 1. The Bertz CT molecular complexity index is 454. The van der Waals surface area contributed by atoms with Crippen LogP contribution in [-0.2, 0) is 18.3 Å². The fraction of sp³-hybridized carbons (Fsp3) is 0.824. The van der Waals surface area contributed by atoms with Crippen LogP contribution in [0, 0.1) is 5.92 Å². The van der Waals surface area contributed by atoms with Crippen LogP contribution in [-0.4, -0.2) is 42.9 Å². The van der Waals surface area contributed by atoms with Crippen molar-refractivity contribution in [3.05, 3.63) is 11.9 Å². The highest BCUT2D eigenvalue weighted by atomic mass is 31.2. The van der Waals surface area contributed by atoms with Crippen molar-refractivity contribution in [3.63, 3.8) is 0 Å². The lowest BCUT2D eigenvalue weighted by atomic mass is 9.94. The molecule has 0 bridgehead atoms. The third-order valence-electron chi connectivity index (χ3n) is 3.64. The molecular weight excluding hydrogens is 329 g/mol. The number of carbonyl (C=O) groups excluding carboxylic acids is 1. The van der Waals surface area contributed by atoms with E-state index in [4.69, 9.17) is 13.8 Å². The predicted molar refractivity (Wildman–Crippen MR) is 95.1 cm³/mol. The Labute approximate surface area is 146 Å². The molecule has 6 nitrogen and oxygen atoms in total. The van der Waals surface area contributed by atoms with Gasteiger partial charge in [-0.3, -0.25) is 4.57 Å². The highest BCUT2D eigenvalue weighted by molar-refractivity contribution is 7.57. The average molecular weight is 361 g/mol. The first-order valence-corrected chi connectivity index (χ1v) is 10.3. The number of piperidine rings is 1. The van der Waals surface area contributed by atoms with Gasteiger partial charge in [0.25, 0.3) is 0 Å². The molecule has 0 unspecified atom stereocenters. The summed E-state index contributed by atoms with van der Waals surface area (Å²) >= 11 is 0. The maximum absolute atomic E-state index is 12.3. The minimum absolute atomic E-state index is 0.242. The monoisotopic (exact) mass is 361 g/mol. The largest absolute Gasteiger partial charge is 0.444 e. The first kappa shape index (κ1) is 21.2. The lowest BCUT2D eigenvalue weighted by Crippen LogP contribution is -2.41. The molecule has 1 aliphatic rings. The zero-order valence-corrected chi connectivity index (χ0v) is 16.5. The zero-order valence-electron chi connectivity index (χ0n) is 15.6. The second-order valence-corrected chi connectivity index (χ2v) is 8.80. The Morgan fingerprint density at radius 3 is 2.17 bits per heavy atom. The minimum atomic E-state index is -3.10. The number of hydrogen-bond donors (Lipinski definition) is 0. The van der Waals surface area contributed by atoms with Gasteiger partial charge in [0.05, 0.1) is 13.2 Å². The summed E-state index contributed by atoms with van der Waals surface area (Å²) in [5.41, 5.74) is -0.462. The molecular formula is C17H32NO5P. The molecule has 1 rings (SSSR count). The van der Waals surface area contributed by atoms with Gasteiger partial charge in [0.2, 0.25) is 0 Å². The van der Waals surface area contributed by atoms with E-state index in [1.54, 1.807) is 24.6 Å². The number of amides is 1. The Morgan fingerprint density at radius 2 is 1.71 bits per heavy atom. The van der Waals surface area contributed by atoms with Crippen LogP contribution in [0.5, 0.6) is 0 Å². The lowest BCUT2D eigenvalue weighted by molar-refractivity contribution is 0.0185. The maximum atomic E-state index is 12.3. The number of nitrogens with zero attached hydrogens (tertiary/aromatic N) is 1. The first-order chi connectivity index (χ1) is 11.2.